The second-order valence-corrected chi connectivity index (χ2v) is 7.28. The molecule has 25 heavy (non-hydrogen) atoms. The van der Waals surface area contributed by atoms with E-state index in [1.54, 1.807) is 12.1 Å². The summed E-state index contributed by atoms with van der Waals surface area (Å²) in [6.07, 6.45) is 0. The van der Waals surface area contributed by atoms with E-state index in [4.69, 9.17) is 0 Å². The summed E-state index contributed by atoms with van der Waals surface area (Å²) in [5, 5.41) is 15.4. The van der Waals surface area contributed by atoms with Crippen LogP contribution in [0.4, 0.5) is 5.69 Å². The van der Waals surface area contributed by atoms with Gasteiger partial charge in [0.15, 0.2) is 5.78 Å². The summed E-state index contributed by atoms with van der Waals surface area (Å²) in [7, 11) is 4.16. The Labute approximate surface area is 146 Å². The van der Waals surface area contributed by atoms with Crippen molar-refractivity contribution in [2.75, 3.05) is 14.1 Å². The van der Waals surface area contributed by atoms with Crippen molar-refractivity contribution in [3.63, 3.8) is 0 Å². The third kappa shape index (κ3) is 1.66. The highest BCUT2D eigenvalue weighted by Crippen LogP contribution is 2.52. The predicted octanol–water partition coefficient (Wildman–Crippen LogP) is 3.43. The molecule has 1 aliphatic carbocycles. The molecule has 1 atom stereocenters. The summed E-state index contributed by atoms with van der Waals surface area (Å²) < 4.78 is 0.484. The molecule has 0 radical (unpaired) electrons. The van der Waals surface area contributed by atoms with Crippen LogP contribution in [0.25, 0.3) is 16.5 Å². The molecular weight excluding hydrogens is 310 g/mol. The molecule has 0 fully saturated rings. The van der Waals surface area contributed by atoms with Crippen LogP contribution < -0.4 is 9.59 Å². The Kier molecular flexibility index (Phi) is 2.65. The first kappa shape index (κ1) is 14.4. The van der Waals surface area contributed by atoms with Gasteiger partial charge in [-0.2, -0.15) is 0 Å². The normalized spacial score (nSPS) is 20.4. The van der Waals surface area contributed by atoms with E-state index in [1.807, 2.05) is 24.3 Å². The molecule has 2 aliphatic rings. The number of ketones is 1. The number of hydrogen-bond donors (Lipinski definition) is 0. The van der Waals surface area contributed by atoms with Crippen LogP contribution in [0.5, 0.6) is 0 Å². The van der Waals surface area contributed by atoms with Crippen LogP contribution in [0.3, 0.4) is 0 Å². The second-order valence-electron chi connectivity index (χ2n) is 7.28. The maximum atomic E-state index is 13.1. The largest absolute Gasteiger partial charge is 0.872 e. The van der Waals surface area contributed by atoms with E-state index in [0.717, 1.165) is 16.6 Å². The zero-order chi connectivity index (χ0) is 17.3. The summed E-state index contributed by atoms with van der Waals surface area (Å²) >= 11 is 0. The molecule has 1 heterocycles. The standard InChI is InChI=1S/C22H17NO2/c1-23(2)17-12-6-8-13-7-5-11-16(18(13)17)20(23)19-21(24)14-9-3-4-10-15(14)22(19)25/h3-12,20H,1-2H3. The van der Waals surface area contributed by atoms with Gasteiger partial charge in [-0.05, 0) is 17.0 Å². The van der Waals surface area contributed by atoms with Gasteiger partial charge < -0.3 is 5.11 Å². The van der Waals surface area contributed by atoms with Gasteiger partial charge in [0.1, 0.15) is 11.7 Å². The highest BCUT2D eigenvalue weighted by Gasteiger charge is 2.47. The molecule has 0 saturated heterocycles. The Balaban J connectivity index is 1.82. The zero-order valence-electron chi connectivity index (χ0n) is 14.1. The first-order valence-electron chi connectivity index (χ1n) is 8.43. The number of hydrogen-bond acceptors (Lipinski definition) is 2. The van der Waals surface area contributed by atoms with E-state index in [1.165, 1.54) is 5.39 Å². The molecule has 1 unspecified atom stereocenters. The van der Waals surface area contributed by atoms with Gasteiger partial charge in [0.25, 0.3) is 0 Å². The van der Waals surface area contributed by atoms with Crippen molar-refractivity contribution in [2.45, 2.75) is 6.04 Å². The second kappa shape index (κ2) is 4.58. The van der Waals surface area contributed by atoms with Crippen molar-refractivity contribution in [1.29, 1.82) is 0 Å². The minimum absolute atomic E-state index is 0.124. The molecule has 3 aromatic rings. The van der Waals surface area contributed by atoms with Gasteiger partial charge in [0.05, 0.1) is 25.1 Å². The van der Waals surface area contributed by atoms with Gasteiger partial charge in [-0.1, -0.05) is 60.4 Å². The van der Waals surface area contributed by atoms with Crippen molar-refractivity contribution in [1.82, 2.24) is 4.48 Å². The van der Waals surface area contributed by atoms with Crippen LogP contribution in [0, 0.1) is 0 Å². The summed E-state index contributed by atoms with van der Waals surface area (Å²) in [6.45, 7) is 0. The number of quaternary nitrogens is 1. The first-order chi connectivity index (χ1) is 12.0. The molecule has 122 valence electrons. The number of Topliss-reactive ketones (excluding diaryl/α,β-unsaturated/α-hetero) is 1. The van der Waals surface area contributed by atoms with Gasteiger partial charge in [0, 0.05) is 11.1 Å². The van der Waals surface area contributed by atoms with E-state index in [-0.39, 0.29) is 17.6 Å². The van der Waals surface area contributed by atoms with E-state index in [2.05, 4.69) is 38.4 Å². The minimum atomic E-state index is -0.270. The number of likely N-dealkylation sites (N-methyl/N-ethyl adjacent to an activating group) is 1. The Hall–Kier alpha value is -2.91. The summed E-state index contributed by atoms with van der Waals surface area (Å²) in [5.74, 6) is -0.247. The maximum absolute atomic E-state index is 13.1. The van der Waals surface area contributed by atoms with E-state index < -0.39 is 0 Å². The van der Waals surface area contributed by atoms with Crippen molar-refractivity contribution in [2.24, 2.45) is 0 Å². The van der Waals surface area contributed by atoms with Crippen LogP contribution in [0.1, 0.15) is 27.5 Å². The minimum Gasteiger partial charge on any atom is -0.872 e. The van der Waals surface area contributed by atoms with Crippen molar-refractivity contribution >= 4 is 28.0 Å². The van der Waals surface area contributed by atoms with Gasteiger partial charge in [0.2, 0.25) is 0 Å². The number of benzene rings is 3. The fourth-order valence-corrected chi connectivity index (χ4v) is 4.54. The Bertz CT molecular complexity index is 1100. The number of carbonyl (C=O) groups is 1. The molecule has 3 heteroatoms. The van der Waals surface area contributed by atoms with Crippen molar-refractivity contribution in [3.05, 3.63) is 82.9 Å². The first-order valence-corrected chi connectivity index (χ1v) is 8.43. The lowest BCUT2D eigenvalue weighted by Gasteiger charge is -2.34. The Morgan fingerprint density at radius 3 is 2.28 bits per heavy atom. The molecular formula is C22H17NO2. The lowest BCUT2D eigenvalue weighted by molar-refractivity contribution is -0.244. The molecule has 0 aromatic heterocycles. The molecule has 3 nitrogen and oxygen atoms in total. The third-order valence-electron chi connectivity index (χ3n) is 5.65. The molecule has 0 bridgehead atoms. The number of rotatable bonds is 1. The lowest BCUT2D eigenvalue weighted by atomic mass is 9.94. The fraction of sp³-hybridized carbons (Fsp3) is 0.136. The zero-order valence-corrected chi connectivity index (χ0v) is 14.1. The molecule has 5 rings (SSSR count). The van der Waals surface area contributed by atoms with Crippen LogP contribution in [0.2, 0.25) is 0 Å². The SMILES string of the molecule is C[N+]1(C)c2cccc3cccc(c23)C1C1=C([O-])c2ccccc2C1=O. The molecule has 0 spiro atoms. The van der Waals surface area contributed by atoms with Gasteiger partial charge >= 0.3 is 0 Å². The average molecular weight is 327 g/mol. The number of carbonyl (C=O) groups excluding carboxylic acids is 1. The molecule has 0 amide bonds. The molecule has 0 saturated carbocycles. The summed E-state index contributed by atoms with van der Waals surface area (Å²) in [5.41, 5.74) is 3.69. The topological polar surface area (TPSA) is 40.1 Å². The highest BCUT2D eigenvalue weighted by molar-refractivity contribution is 6.21. The summed E-state index contributed by atoms with van der Waals surface area (Å²) in [4.78, 5) is 13.1. The van der Waals surface area contributed by atoms with Crippen molar-refractivity contribution in [3.8, 4) is 0 Å². The van der Waals surface area contributed by atoms with Crippen LogP contribution in [-0.4, -0.2) is 19.9 Å². The van der Waals surface area contributed by atoms with Crippen molar-refractivity contribution < 1.29 is 9.90 Å². The van der Waals surface area contributed by atoms with Gasteiger partial charge in [-0.25, -0.2) is 0 Å². The van der Waals surface area contributed by atoms with Gasteiger partial charge in [-0.3, -0.25) is 9.28 Å². The predicted molar refractivity (Wildman–Crippen MR) is 98.0 cm³/mol. The average Bonchev–Trinajstić information content (AvgIpc) is 2.99. The maximum Gasteiger partial charge on any atom is 0.195 e. The van der Waals surface area contributed by atoms with E-state index in [0.29, 0.717) is 21.2 Å². The summed E-state index contributed by atoms with van der Waals surface area (Å²) in [6, 6.07) is 19.3. The third-order valence-corrected chi connectivity index (χ3v) is 5.65. The van der Waals surface area contributed by atoms with Crippen LogP contribution in [0.15, 0.2) is 66.2 Å². The quantitative estimate of drug-likeness (QED) is 0.643. The fourth-order valence-electron chi connectivity index (χ4n) is 4.54. The number of fused-ring (bicyclic) bond motifs is 1. The molecule has 1 aliphatic heterocycles. The highest BCUT2D eigenvalue weighted by atomic mass is 16.3. The number of nitrogens with zero attached hydrogens (tertiary/aromatic N) is 1. The van der Waals surface area contributed by atoms with Gasteiger partial charge in [-0.15, -0.1) is 0 Å². The molecule has 3 aromatic carbocycles. The van der Waals surface area contributed by atoms with E-state index in [9.17, 15) is 9.90 Å². The monoisotopic (exact) mass is 327 g/mol. The van der Waals surface area contributed by atoms with Crippen LogP contribution in [-0.2, 0) is 0 Å². The Morgan fingerprint density at radius 2 is 1.56 bits per heavy atom. The van der Waals surface area contributed by atoms with Crippen LogP contribution >= 0.6 is 0 Å². The van der Waals surface area contributed by atoms with E-state index >= 15 is 0 Å². The smallest absolute Gasteiger partial charge is 0.195 e. The lowest BCUT2D eigenvalue weighted by Crippen LogP contribution is -2.43. The molecule has 0 N–H and O–H groups in total. The Morgan fingerprint density at radius 1 is 0.880 bits per heavy atom.